The van der Waals surface area contributed by atoms with E-state index < -0.39 is 11.9 Å². The molecule has 7 heteroatoms. The van der Waals surface area contributed by atoms with Gasteiger partial charge in [-0.05, 0) is 18.9 Å². The van der Waals surface area contributed by atoms with Crippen LogP contribution in [0.15, 0.2) is 18.2 Å². The molecule has 0 aliphatic carbocycles. The second-order valence-corrected chi connectivity index (χ2v) is 4.66. The van der Waals surface area contributed by atoms with Crippen molar-refractivity contribution >= 4 is 11.9 Å². The van der Waals surface area contributed by atoms with Crippen LogP contribution in [-0.4, -0.2) is 42.4 Å². The molecular formula is C16H25NO6. The molecule has 0 aromatic heterocycles. The van der Waals surface area contributed by atoms with Crippen molar-refractivity contribution in [2.45, 2.75) is 39.3 Å². The van der Waals surface area contributed by atoms with Crippen LogP contribution in [0.25, 0.3) is 0 Å². The van der Waals surface area contributed by atoms with Gasteiger partial charge in [0.15, 0.2) is 11.5 Å². The van der Waals surface area contributed by atoms with Gasteiger partial charge in [-0.3, -0.25) is 0 Å². The van der Waals surface area contributed by atoms with Gasteiger partial charge in [0.05, 0.1) is 14.2 Å². The molecule has 0 bridgehead atoms. The first-order valence-electron chi connectivity index (χ1n) is 7.30. The van der Waals surface area contributed by atoms with E-state index in [1.54, 1.807) is 14.2 Å². The molecule has 0 fully saturated rings. The second-order valence-electron chi connectivity index (χ2n) is 4.66. The molecule has 0 saturated heterocycles. The van der Waals surface area contributed by atoms with Crippen LogP contribution in [0.1, 0.15) is 32.3 Å². The van der Waals surface area contributed by atoms with Crippen molar-refractivity contribution in [3.63, 3.8) is 0 Å². The molecule has 0 unspecified atom stereocenters. The van der Waals surface area contributed by atoms with Crippen molar-refractivity contribution in [2.75, 3.05) is 14.2 Å². The average Bonchev–Trinajstić information content (AvgIpc) is 2.55. The molecule has 0 spiro atoms. The van der Waals surface area contributed by atoms with Gasteiger partial charge >= 0.3 is 11.9 Å². The van der Waals surface area contributed by atoms with E-state index in [1.165, 1.54) is 0 Å². The normalized spacial score (nSPS) is 9.78. The molecular weight excluding hydrogens is 302 g/mol. The molecule has 1 rings (SSSR count). The third-order valence-corrected chi connectivity index (χ3v) is 3.23. The molecule has 0 amide bonds. The molecule has 0 aliphatic heterocycles. The van der Waals surface area contributed by atoms with E-state index in [0.29, 0.717) is 6.04 Å². The maximum atomic E-state index is 9.10. The number of carboxylic acids is 2. The Morgan fingerprint density at radius 3 is 2.04 bits per heavy atom. The molecule has 1 aromatic carbocycles. The molecule has 7 nitrogen and oxygen atoms in total. The Balaban J connectivity index is 0.000000688. The van der Waals surface area contributed by atoms with E-state index in [-0.39, 0.29) is 0 Å². The van der Waals surface area contributed by atoms with Crippen LogP contribution < -0.4 is 14.8 Å². The van der Waals surface area contributed by atoms with Crippen molar-refractivity contribution in [2.24, 2.45) is 0 Å². The zero-order valence-electron chi connectivity index (χ0n) is 14.0. The second kappa shape index (κ2) is 11.3. The van der Waals surface area contributed by atoms with Crippen molar-refractivity contribution < 1.29 is 29.3 Å². The average molecular weight is 327 g/mol. The molecule has 3 N–H and O–H groups in total. The molecule has 130 valence electrons. The van der Waals surface area contributed by atoms with Crippen LogP contribution in [0, 0.1) is 0 Å². The summed E-state index contributed by atoms with van der Waals surface area (Å²) in [6.07, 6.45) is 2.28. The van der Waals surface area contributed by atoms with Gasteiger partial charge < -0.3 is 25.0 Å². The van der Waals surface area contributed by atoms with Crippen LogP contribution in [-0.2, 0) is 16.1 Å². The molecule has 1 aromatic rings. The van der Waals surface area contributed by atoms with Gasteiger partial charge in [0, 0.05) is 18.2 Å². The number of aliphatic carboxylic acids is 2. The Hall–Kier alpha value is -2.28. The summed E-state index contributed by atoms with van der Waals surface area (Å²) in [5, 5.41) is 18.3. The van der Waals surface area contributed by atoms with Crippen LogP contribution in [0.3, 0.4) is 0 Å². The fourth-order valence-corrected chi connectivity index (χ4v) is 1.92. The molecule has 0 radical (unpaired) electrons. The van der Waals surface area contributed by atoms with Gasteiger partial charge in [-0.25, -0.2) is 9.59 Å². The van der Waals surface area contributed by atoms with Gasteiger partial charge in [0.1, 0.15) is 0 Å². The topological polar surface area (TPSA) is 105 Å². The summed E-state index contributed by atoms with van der Waals surface area (Å²) in [4.78, 5) is 18.2. The molecule has 0 atom stereocenters. The standard InChI is InChI=1S/C14H23NO2.C2H2O4/c1-5-12(6-2)15-10-11-8-7-9-13(16-3)14(11)17-4;3-1(4)2(5)6/h7-9,12,15H,5-6,10H2,1-4H3;(H,3,4)(H,5,6). The lowest BCUT2D eigenvalue weighted by Crippen LogP contribution is -2.27. The number of hydrogen-bond donors (Lipinski definition) is 3. The first-order valence-corrected chi connectivity index (χ1v) is 7.30. The third kappa shape index (κ3) is 7.51. The Morgan fingerprint density at radius 2 is 1.65 bits per heavy atom. The van der Waals surface area contributed by atoms with Crippen LogP contribution >= 0.6 is 0 Å². The quantitative estimate of drug-likeness (QED) is 0.659. The van der Waals surface area contributed by atoms with Gasteiger partial charge in [-0.15, -0.1) is 0 Å². The van der Waals surface area contributed by atoms with Crippen LogP contribution in [0.4, 0.5) is 0 Å². The number of hydrogen-bond acceptors (Lipinski definition) is 5. The van der Waals surface area contributed by atoms with Gasteiger partial charge in [-0.1, -0.05) is 26.0 Å². The van der Waals surface area contributed by atoms with Gasteiger partial charge in [0.25, 0.3) is 0 Å². The highest BCUT2D eigenvalue weighted by Crippen LogP contribution is 2.30. The summed E-state index contributed by atoms with van der Waals surface area (Å²) in [6.45, 7) is 5.21. The minimum absolute atomic E-state index is 0.561. The van der Waals surface area contributed by atoms with Crippen LogP contribution in [0.2, 0.25) is 0 Å². The smallest absolute Gasteiger partial charge is 0.414 e. The Bertz CT molecular complexity index is 487. The SMILES string of the molecule is CCC(CC)NCc1cccc(OC)c1OC.O=C(O)C(=O)O. The van der Waals surface area contributed by atoms with E-state index in [2.05, 4.69) is 25.2 Å². The first kappa shape index (κ1) is 20.7. The summed E-state index contributed by atoms with van der Waals surface area (Å²) in [5.41, 5.74) is 1.14. The summed E-state index contributed by atoms with van der Waals surface area (Å²) in [6, 6.07) is 6.53. The highest BCUT2D eigenvalue weighted by atomic mass is 16.5. The summed E-state index contributed by atoms with van der Waals surface area (Å²) < 4.78 is 10.7. The largest absolute Gasteiger partial charge is 0.493 e. The number of carboxylic acid groups (broad SMARTS) is 2. The van der Waals surface area contributed by atoms with Crippen molar-refractivity contribution in [3.05, 3.63) is 23.8 Å². The van der Waals surface area contributed by atoms with Gasteiger partial charge in [0.2, 0.25) is 0 Å². The number of benzene rings is 1. The van der Waals surface area contributed by atoms with E-state index >= 15 is 0 Å². The van der Waals surface area contributed by atoms with E-state index in [1.807, 2.05) is 12.1 Å². The highest BCUT2D eigenvalue weighted by molar-refractivity contribution is 6.27. The lowest BCUT2D eigenvalue weighted by Gasteiger charge is -2.17. The van der Waals surface area contributed by atoms with E-state index in [9.17, 15) is 0 Å². The van der Waals surface area contributed by atoms with Gasteiger partial charge in [-0.2, -0.15) is 0 Å². The summed E-state index contributed by atoms with van der Waals surface area (Å²) in [5.74, 6) is -2.03. The number of nitrogens with one attached hydrogen (secondary N) is 1. The van der Waals surface area contributed by atoms with Crippen molar-refractivity contribution in [3.8, 4) is 11.5 Å². The number of methoxy groups -OCH3 is 2. The highest BCUT2D eigenvalue weighted by Gasteiger charge is 2.10. The fourth-order valence-electron chi connectivity index (χ4n) is 1.92. The monoisotopic (exact) mass is 327 g/mol. The molecule has 0 heterocycles. The Kier molecular flexibility index (Phi) is 10.2. The zero-order valence-corrected chi connectivity index (χ0v) is 14.0. The van der Waals surface area contributed by atoms with E-state index in [0.717, 1.165) is 36.4 Å². The lowest BCUT2D eigenvalue weighted by molar-refractivity contribution is -0.159. The summed E-state index contributed by atoms with van der Waals surface area (Å²) in [7, 11) is 3.34. The van der Waals surface area contributed by atoms with Crippen molar-refractivity contribution in [1.82, 2.24) is 5.32 Å². The third-order valence-electron chi connectivity index (χ3n) is 3.23. The number of rotatable bonds is 7. The number of para-hydroxylation sites is 1. The Labute approximate surface area is 136 Å². The zero-order chi connectivity index (χ0) is 17.8. The Morgan fingerprint density at radius 1 is 1.09 bits per heavy atom. The lowest BCUT2D eigenvalue weighted by atomic mass is 10.1. The van der Waals surface area contributed by atoms with Crippen molar-refractivity contribution in [1.29, 1.82) is 0 Å². The maximum absolute atomic E-state index is 9.10. The fraction of sp³-hybridized carbons (Fsp3) is 0.500. The van der Waals surface area contributed by atoms with E-state index in [4.69, 9.17) is 29.3 Å². The maximum Gasteiger partial charge on any atom is 0.414 e. The minimum Gasteiger partial charge on any atom is -0.493 e. The molecule has 23 heavy (non-hydrogen) atoms. The predicted molar refractivity (Wildman–Crippen MR) is 86.0 cm³/mol. The van der Waals surface area contributed by atoms with Crippen LogP contribution in [0.5, 0.6) is 11.5 Å². The summed E-state index contributed by atoms with van der Waals surface area (Å²) >= 11 is 0. The predicted octanol–water partition coefficient (Wildman–Crippen LogP) is 2.14. The molecule has 0 saturated carbocycles. The first-order chi connectivity index (χ1) is 10.9. The number of carbonyl (C=O) groups is 2. The minimum atomic E-state index is -1.82. The molecule has 0 aliphatic rings. The number of ether oxygens (including phenoxy) is 2.